The lowest BCUT2D eigenvalue weighted by molar-refractivity contribution is 0.197. The molecule has 1 aromatic rings. The molecule has 2 amide bonds. The van der Waals surface area contributed by atoms with E-state index in [1.54, 1.807) is 4.90 Å². The fourth-order valence-electron chi connectivity index (χ4n) is 2.97. The Bertz CT molecular complexity index is 655. The lowest BCUT2D eigenvalue weighted by atomic mass is 10.1. The van der Waals surface area contributed by atoms with Crippen LogP contribution in [0.3, 0.4) is 0 Å². The number of amides is 2. The van der Waals surface area contributed by atoms with E-state index in [2.05, 4.69) is 5.32 Å². The number of sulfone groups is 1. The standard InChI is InChI=1S/C16H24N2O3S/c1-4-13-8-6-7-12(3)15(13)17-16(19)18(5-2)14-9-10-22(20,21)11-14/h6-8,14H,4-5,9-11H2,1-3H3,(H,17,19). The van der Waals surface area contributed by atoms with Crippen LogP contribution in [0, 0.1) is 6.92 Å². The van der Waals surface area contributed by atoms with Crippen molar-refractivity contribution in [1.82, 2.24) is 4.90 Å². The van der Waals surface area contributed by atoms with Gasteiger partial charge in [0.15, 0.2) is 9.84 Å². The van der Waals surface area contributed by atoms with Gasteiger partial charge in [0.2, 0.25) is 0 Å². The normalized spacial score (nSPS) is 19.9. The van der Waals surface area contributed by atoms with E-state index in [-0.39, 0.29) is 23.6 Å². The molecule has 2 rings (SSSR count). The number of urea groups is 1. The molecule has 0 saturated carbocycles. The van der Waals surface area contributed by atoms with Crippen LogP contribution >= 0.6 is 0 Å². The van der Waals surface area contributed by atoms with Gasteiger partial charge in [-0.1, -0.05) is 25.1 Å². The summed E-state index contributed by atoms with van der Waals surface area (Å²) in [4.78, 5) is 14.2. The molecule has 0 bridgehead atoms. The molecule has 0 spiro atoms. The Labute approximate surface area is 132 Å². The Morgan fingerprint density at radius 1 is 1.36 bits per heavy atom. The second-order valence-electron chi connectivity index (χ2n) is 5.74. The number of para-hydroxylation sites is 1. The number of aryl methyl sites for hydroxylation is 2. The molecular weight excluding hydrogens is 300 g/mol. The molecule has 1 N–H and O–H groups in total. The number of anilines is 1. The van der Waals surface area contributed by atoms with Gasteiger partial charge in [0.05, 0.1) is 11.5 Å². The van der Waals surface area contributed by atoms with E-state index in [4.69, 9.17) is 0 Å². The summed E-state index contributed by atoms with van der Waals surface area (Å²) < 4.78 is 23.3. The molecule has 1 aliphatic heterocycles. The highest BCUT2D eigenvalue weighted by Crippen LogP contribution is 2.23. The summed E-state index contributed by atoms with van der Waals surface area (Å²) in [5.41, 5.74) is 2.94. The zero-order valence-corrected chi connectivity index (χ0v) is 14.2. The third-order valence-corrected chi connectivity index (χ3v) is 5.97. The summed E-state index contributed by atoms with van der Waals surface area (Å²) >= 11 is 0. The van der Waals surface area contributed by atoms with Crippen molar-refractivity contribution in [2.75, 3.05) is 23.4 Å². The van der Waals surface area contributed by atoms with Crippen molar-refractivity contribution in [3.63, 3.8) is 0 Å². The summed E-state index contributed by atoms with van der Waals surface area (Å²) in [7, 11) is -3.00. The number of nitrogens with one attached hydrogen (secondary N) is 1. The van der Waals surface area contributed by atoms with Gasteiger partial charge >= 0.3 is 6.03 Å². The number of hydrogen-bond acceptors (Lipinski definition) is 3. The smallest absolute Gasteiger partial charge is 0.321 e. The van der Waals surface area contributed by atoms with Crippen LogP contribution in [0.25, 0.3) is 0 Å². The zero-order valence-electron chi connectivity index (χ0n) is 13.4. The second kappa shape index (κ2) is 6.69. The van der Waals surface area contributed by atoms with E-state index >= 15 is 0 Å². The van der Waals surface area contributed by atoms with Gasteiger partial charge in [-0.3, -0.25) is 0 Å². The number of hydrogen-bond donors (Lipinski definition) is 1. The molecule has 1 unspecified atom stereocenters. The average molecular weight is 324 g/mol. The first-order valence-electron chi connectivity index (χ1n) is 7.74. The topological polar surface area (TPSA) is 66.5 Å². The molecular formula is C16H24N2O3S. The quantitative estimate of drug-likeness (QED) is 0.926. The molecule has 6 heteroatoms. The lowest BCUT2D eigenvalue weighted by Crippen LogP contribution is -2.43. The Balaban J connectivity index is 2.17. The third kappa shape index (κ3) is 3.61. The zero-order chi connectivity index (χ0) is 16.3. The first kappa shape index (κ1) is 16.8. The van der Waals surface area contributed by atoms with E-state index in [9.17, 15) is 13.2 Å². The van der Waals surface area contributed by atoms with Crippen LogP contribution in [-0.2, 0) is 16.3 Å². The largest absolute Gasteiger partial charge is 0.322 e. The number of benzene rings is 1. The highest BCUT2D eigenvalue weighted by molar-refractivity contribution is 7.91. The Morgan fingerprint density at radius 3 is 2.64 bits per heavy atom. The van der Waals surface area contributed by atoms with Gasteiger partial charge in [-0.05, 0) is 37.8 Å². The van der Waals surface area contributed by atoms with Crippen LogP contribution in [0.1, 0.15) is 31.4 Å². The van der Waals surface area contributed by atoms with E-state index < -0.39 is 9.84 Å². The number of rotatable bonds is 4. The lowest BCUT2D eigenvalue weighted by Gasteiger charge is -2.28. The van der Waals surface area contributed by atoms with Gasteiger partial charge in [0.1, 0.15) is 0 Å². The van der Waals surface area contributed by atoms with Gasteiger partial charge in [-0.2, -0.15) is 0 Å². The number of carbonyl (C=O) groups excluding carboxylic acids is 1. The summed E-state index contributed by atoms with van der Waals surface area (Å²) in [6, 6.07) is 5.51. The minimum absolute atomic E-state index is 0.0721. The molecule has 0 aromatic heterocycles. The molecule has 0 radical (unpaired) electrons. The predicted molar refractivity (Wildman–Crippen MR) is 89.0 cm³/mol. The molecule has 1 aromatic carbocycles. The monoisotopic (exact) mass is 324 g/mol. The fourth-order valence-corrected chi connectivity index (χ4v) is 4.70. The maximum absolute atomic E-state index is 12.6. The SMILES string of the molecule is CCc1cccc(C)c1NC(=O)N(CC)C1CCS(=O)(=O)C1. The predicted octanol–water partition coefficient (Wildman–Crippen LogP) is 2.60. The molecule has 1 heterocycles. The van der Waals surface area contributed by atoms with E-state index in [0.717, 1.165) is 23.2 Å². The minimum atomic E-state index is -3.00. The molecule has 1 aliphatic rings. The van der Waals surface area contributed by atoms with Crippen LogP contribution in [0.15, 0.2) is 18.2 Å². The van der Waals surface area contributed by atoms with Crippen molar-refractivity contribution in [1.29, 1.82) is 0 Å². The molecule has 1 fully saturated rings. The van der Waals surface area contributed by atoms with Crippen LogP contribution in [0.4, 0.5) is 10.5 Å². The Kier molecular flexibility index (Phi) is 5.11. The van der Waals surface area contributed by atoms with Gasteiger partial charge in [0, 0.05) is 18.3 Å². The molecule has 22 heavy (non-hydrogen) atoms. The molecule has 0 aliphatic carbocycles. The van der Waals surface area contributed by atoms with Crippen LogP contribution in [-0.4, -0.2) is 43.4 Å². The van der Waals surface area contributed by atoms with Crippen molar-refractivity contribution in [2.24, 2.45) is 0 Å². The van der Waals surface area contributed by atoms with Gasteiger partial charge in [0.25, 0.3) is 0 Å². The summed E-state index contributed by atoms with van der Waals surface area (Å²) in [5, 5.41) is 2.98. The molecule has 1 saturated heterocycles. The fraction of sp³-hybridized carbons (Fsp3) is 0.562. The van der Waals surface area contributed by atoms with E-state index in [1.807, 2.05) is 39.0 Å². The highest BCUT2D eigenvalue weighted by atomic mass is 32.2. The molecule has 122 valence electrons. The van der Waals surface area contributed by atoms with E-state index in [1.165, 1.54) is 0 Å². The van der Waals surface area contributed by atoms with Gasteiger partial charge in [-0.25, -0.2) is 13.2 Å². The van der Waals surface area contributed by atoms with E-state index in [0.29, 0.717) is 13.0 Å². The van der Waals surface area contributed by atoms with Crippen LogP contribution in [0.5, 0.6) is 0 Å². The Hall–Kier alpha value is -1.56. The van der Waals surface area contributed by atoms with Crippen LogP contribution < -0.4 is 5.32 Å². The Morgan fingerprint density at radius 2 is 2.09 bits per heavy atom. The summed E-state index contributed by atoms with van der Waals surface area (Å²) in [6.45, 7) is 6.39. The van der Waals surface area contributed by atoms with Gasteiger partial charge in [-0.15, -0.1) is 0 Å². The average Bonchev–Trinajstić information content (AvgIpc) is 2.82. The second-order valence-corrected chi connectivity index (χ2v) is 7.96. The first-order chi connectivity index (χ1) is 10.4. The number of nitrogens with zero attached hydrogens (tertiary/aromatic N) is 1. The third-order valence-electron chi connectivity index (χ3n) is 4.22. The summed E-state index contributed by atoms with van der Waals surface area (Å²) in [5.74, 6) is 0.245. The van der Waals surface area contributed by atoms with Crippen molar-refractivity contribution < 1.29 is 13.2 Å². The van der Waals surface area contributed by atoms with Gasteiger partial charge < -0.3 is 10.2 Å². The number of carbonyl (C=O) groups is 1. The maximum atomic E-state index is 12.6. The van der Waals surface area contributed by atoms with Crippen molar-refractivity contribution in [3.05, 3.63) is 29.3 Å². The van der Waals surface area contributed by atoms with Crippen LogP contribution in [0.2, 0.25) is 0 Å². The van der Waals surface area contributed by atoms with Crippen molar-refractivity contribution in [2.45, 2.75) is 39.7 Å². The maximum Gasteiger partial charge on any atom is 0.322 e. The molecule has 1 atom stereocenters. The van der Waals surface area contributed by atoms with Crippen molar-refractivity contribution >= 4 is 21.6 Å². The first-order valence-corrected chi connectivity index (χ1v) is 9.56. The highest BCUT2D eigenvalue weighted by Gasteiger charge is 2.34. The van der Waals surface area contributed by atoms with Crippen molar-refractivity contribution in [3.8, 4) is 0 Å². The minimum Gasteiger partial charge on any atom is -0.321 e. The summed E-state index contributed by atoms with van der Waals surface area (Å²) in [6.07, 6.45) is 1.36. The molecule has 5 nitrogen and oxygen atoms in total.